The summed E-state index contributed by atoms with van der Waals surface area (Å²) in [6.45, 7) is 0.181. The molecule has 0 aromatic heterocycles. The fourth-order valence-corrected chi connectivity index (χ4v) is 1.51. The summed E-state index contributed by atoms with van der Waals surface area (Å²) in [5.74, 6) is 4.51. The Labute approximate surface area is 103 Å². The molecule has 18 heavy (non-hydrogen) atoms. The van der Waals surface area contributed by atoms with Gasteiger partial charge in [0, 0.05) is 6.54 Å². The summed E-state index contributed by atoms with van der Waals surface area (Å²) < 4.78 is 37.0. The molecule has 0 saturated carbocycles. The first kappa shape index (κ1) is 14.3. The van der Waals surface area contributed by atoms with Crippen molar-refractivity contribution in [1.29, 1.82) is 0 Å². The summed E-state index contributed by atoms with van der Waals surface area (Å²) >= 11 is 0. The van der Waals surface area contributed by atoms with Crippen molar-refractivity contribution >= 4 is 11.6 Å². The third-order valence-corrected chi connectivity index (χ3v) is 2.35. The average Bonchev–Trinajstić information content (AvgIpc) is 2.34. The van der Waals surface area contributed by atoms with E-state index in [9.17, 15) is 18.0 Å². The zero-order valence-electron chi connectivity index (χ0n) is 9.79. The molecule has 1 aromatic carbocycles. The minimum Gasteiger partial charge on any atom is -0.330 e. The zero-order chi connectivity index (χ0) is 13.8. The quantitative estimate of drug-likeness (QED) is 0.643. The van der Waals surface area contributed by atoms with E-state index in [2.05, 4.69) is 5.43 Å². The smallest absolute Gasteiger partial charge is 0.330 e. The van der Waals surface area contributed by atoms with Crippen LogP contribution in [0.25, 0.3) is 0 Å². The Hall–Kier alpha value is -1.76. The molecule has 0 fully saturated rings. The van der Waals surface area contributed by atoms with Crippen LogP contribution >= 0.6 is 0 Å². The first-order chi connectivity index (χ1) is 8.39. The number of nitrogens with two attached hydrogens (primary N) is 1. The summed E-state index contributed by atoms with van der Waals surface area (Å²) in [6.07, 6.45) is -4.42. The van der Waals surface area contributed by atoms with Crippen LogP contribution < -0.4 is 11.3 Å². The van der Waals surface area contributed by atoms with Gasteiger partial charge in [0.05, 0.1) is 11.3 Å². The zero-order valence-corrected chi connectivity index (χ0v) is 9.79. The minimum atomic E-state index is -4.42. The number of anilines is 1. The van der Waals surface area contributed by atoms with Crippen LogP contribution in [-0.2, 0) is 0 Å². The van der Waals surface area contributed by atoms with E-state index in [1.165, 1.54) is 19.1 Å². The van der Waals surface area contributed by atoms with Crippen molar-refractivity contribution in [3.8, 4) is 0 Å². The first-order valence-electron chi connectivity index (χ1n) is 5.30. The first-order valence-corrected chi connectivity index (χ1v) is 5.30. The molecule has 0 radical (unpaired) electrons. The van der Waals surface area contributed by atoms with Crippen LogP contribution in [0.3, 0.4) is 0 Å². The number of amides is 1. The predicted molar refractivity (Wildman–Crippen MR) is 61.9 cm³/mol. The van der Waals surface area contributed by atoms with Crippen molar-refractivity contribution in [1.82, 2.24) is 4.90 Å². The Morgan fingerprint density at radius 2 is 2.00 bits per heavy atom. The molecule has 1 aromatic rings. The standard InChI is InChI=1S/C11H14F3N3O/c1-2-17(7-11(12,13)14)10(18)8-5-3-4-6-9(8)16-15/h3-6,16H,2,7,15H2,1H3. The van der Waals surface area contributed by atoms with E-state index in [0.29, 0.717) is 5.69 Å². The molecule has 0 aliphatic rings. The molecule has 1 amide bonds. The highest BCUT2D eigenvalue weighted by molar-refractivity contribution is 5.99. The van der Waals surface area contributed by atoms with E-state index in [1.807, 2.05) is 0 Å². The SMILES string of the molecule is CCN(CC(F)(F)F)C(=O)c1ccccc1NN. The molecule has 4 nitrogen and oxygen atoms in total. The van der Waals surface area contributed by atoms with E-state index in [0.717, 1.165) is 4.90 Å². The number of para-hydroxylation sites is 1. The van der Waals surface area contributed by atoms with Crippen molar-refractivity contribution in [2.24, 2.45) is 5.84 Å². The second kappa shape index (κ2) is 5.72. The molecule has 0 saturated heterocycles. The number of hydrazine groups is 1. The van der Waals surface area contributed by atoms with E-state index in [4.69, 9.17) is 5.84 Å². The number of carbonyl (C=O) groups excluding carboxylic acids is 1. The second-order valence-electron chi connectivity index (χ2n) is 3.62. The Morgan fingerprint density at radius 1 is 1.39 bits per heavy atom. The number of nitrogens with zero attached hydrogens (tertiary/aromatic N) is 1. The molecule has 0 atom stereocenters. The number of halogens is 3. The number of hydrogen-bond acceptors (Lipinski definition) is 3. The van der Waals surface area contributed by atoms with Crippen LogP contribution in [0.2, 0.25) is 0 Å². The van der Waals surface area contributed by atoms with Crippen LogP contribution in [0.1, 0.15) is 17.3 Å². The summed E-state index contributed by atoms with van der Waals surface area (Å²) in [4.78, 5) is 12.7. The van der Waals surface area contributed by atoms with Crippen LogP contribution in [0.15, 0.2) is 24.3 Å². The molecule has 0 spiro atoms. The van der Waals surface area contributed by atoms with Crippen LogP contribution in [-0.4, -0.2) is 30.1 Å². The Kier molecular flexibility index (Phi) is 4.55. The van der Waals surface area contributed by atoms with Crippen molar-refractivity contribution in [2.45, 2.75) is 13.1 Å². The second-order valence-corrected chi connectivity index (χ2v) is 3.62. The monoisotopic (exact) mass is 261 g/mol. The maximum atomic E-state index is 12.3. The number of alkyl halides is 3. The average molecular weight is 261 g/mol. The number of carbonyl (C=O) groups is 1. The molecule has 0 heterocycles. The third-order valence-electron chi connectivity index (χ3n) is 2.35. The van der Waals surface area contributed by atoms with Gasteiger partial charge in [-0.2, -0.15) is 13.2 Å². The Morgan fingerprint density at radius 3 is 2.50 bits per heavy atom. The van der Waals surface area contributed by atoms with Gasteiger partial charge < -0.3 is 10.3 Å². The van der Waals surface area contributed by atoms with Crippen molar-refractivity contribution < 1.29 is 18.0 Å². The largest absolute Gasteiger partial charge is 0.406 e. The van der Waals surface area contributed by atoms with Gasteiger partial charge in [0.25, 0.3) is 5.91 Å². The number of nitrogens with one attached hydrogen (secondary N) is 1. The van der Waals surface area contributed by atoms with Gasteiger partial charge in [0.2, 0.25) is 0 Å². The molecule has 7 heteroatoms. The van der Waals surface area contributed by atoms with Crippen molar-refractivity contribution in [2.75, 3.05) is 18.5 Å². The highest BCUT2D eigenvalue weighted by atomic mass is 19.4. The molecule has 1 rings (SSSR count). The fourth-order valence-electron chi connectivity index (χ4n) is 1.51. The number of nitrogen functional groups attached to an aromatic ring is 1. The summed E-state index contributed by atoms with van der Waals surface area (Å²) in [7, 11) is 0. The fraction of sp³-hybridized carbons (Fsp3) is 0.364. The third kappa shape index (κ3) is 3.63. The van der Waals surface area contributed by atoms with Gasteiger partial charge in [-0.15, -0.1) is 0 Å². The van der Waals surface area contributed by atoms with Gasteiger partial charge in [-0.1, -0.05) is 12.1 Å². The van der Waals surface area contributed by atoms with Crippen molar-refractivity contribution in [3.05, 3.63) is 29.8 Å². The summed E-state index contributed by atoms with van der Waals surface area (Å²) in [5, 5.41) is 0. The lowest BCUT2D eigenvalue weighted by Gasteiger charge is -2.23. The Balaban J connectivity index is 2.97. The summed E-state index contributed by atoms with van der Waals surface area (Å²) in [6, 6.07) is 6.15. The molecule has 0 aliphatic carbocycles. The number of rotatable bonds is 4. The minimum absolute atomic E-state index is 0.0305. The highest BCUT2D eigenvalue weighted by Crippen LogP contribution is 2.20. The lowest BCUT2D eigenvalue weighted by molar-refractivity contribution is -0.140. The van der Waals surface area contributed by atoms with E-state index in [1.54, 1.807) is 12.1 Å². The van der Waals surface area contributed by atoms with Crippen LogP contribution in [0, 0.1) is 0 Å². The van der Waals surface area contributed by atoms with Gasteiger partial charge in [-0.3, -0.25) is 10.6 Å². The number of hydrogen-bond donors (Lipinski definition) is 2. The van der Waals surface area contributed by atoms with Crippen LogP contribution in [0.4, 0.5) is 18.9 Å². The molecule has 0 aliphatic heterocycles. The maximum absolute atomic E-state index is 12.3. The van der Waals surface area contributed by atoms with Gasteiger partial charge in [-0.25, -0.2) is 0 Å². The molecular formula is C11H14F3N3O. The Bertz CT molecular complexity index is 420. The molecule has 0 unspecified atom stereocenters. The predicted octanol–water partition coefficient (Wildman–Crippen LogP) is 2.00. The van der Waals surface area contributed by atoms with E-state index >= 15 is 0 Å². The van der Waals surface area contributed by atoms with E-state index in [-0.39, 0.29) is 12.1 Å². The lowest BCUT2D eigenvalue weighted by Crippen LogP contribution is -2.39. The van der Waals surface area contributed by atoms with Crippen molar-refractivity contribution in [3.63, 3.8) is 0 Å². The molecule has 3 N–H and O–H groups in total. The molecule has 0 bridgehead atoms. The number of benzene rings is 1. The van der Waals surface area contributed by atoms with Gasteiger partial charge >= 0.3 is 6.18 Å². The van der Waals surface area contributed by atoms with Gasteiger partial charge in [0.1, 0.15) is 6.54 Å². The van der Waals surface area contributed by atoms with Crippen LogP contribution in [0.5, 0.6) is 0 Å². The maximum Gasteiger partial charge on any atom is 0.406 e. The van der Waals surface area contributed by atoms with E-state index < -0.39 is 18.6 Å². The molecule has 100 valence electrons. The van der Waals surface area contributed by atoms with Gasteiger partial charge in [-0.05, 0) is 19.1 Å². The van der Waals surface area contributed by atoms with Gasteiger partial charge in [0.15, 0.2) is 0 Å². The highest BCUT2D eigenvalue weighted by Gasteiger charge is 2.33. The lowest BCUT2D eigenvalue weighted by atomic mass is 10.1. The molecular weight excluding hydrogens is 247 g/mol. The summed E-state index contributed by atoms with van der Waals surface area (Å²) in [5.41, 5.74) is 2.70. The normalized spacial score (nSPS) is 11.2. The topological polar surface area (TPSA) is 58.4 Å².